The normalized spacial score (nSPS) is 30.6. The van der Waals surface area contributed by atoms with E-state index in [1.165, 1.54) is 35.9 Å². The van der Waals surface area contributed by atoms with Crippen LogP contribution in [0.15, 0.2) is 0 Å². The molecule has 1 fully saturated rings. The summed E-state index contributed by atoms with van der Waals surface area (Å²) >= 11 is 0. The second-order valence-corrected chi connectivity index (χ2v) is 8.91. The molecule has 1 unspecified atom stereocenters. The molecule has 1 heteroatoms. The lowest BCUT2D eigenvalue weighted by atomic mass is 9.52. The van der Waals surface area contributed by atoms with E-state index in [9.17, 15) is 0 Å². The molecule has 0 bridgehead atoms. The van der Waals surface area contributed by atoms with Crippen molar-refractivity contribution in [3.05, 3.63) is 0 Å². The zero-order valence-corrected chi connectivity index (χ0v) is 14.6. The van der Waals surface area contributed by atoms with Gasteiger partial charge in [0.2, 0.25) is 0 Å². The molecule has 0 amide bonds. The van der Waals surface area contributed by atoms with Crippen molar-refractivity contribution in [3.8, 4) is 0 Å². The second kappa shape index (κ2) is 4.84. The molecule has 0 aromatic heterocycles. The van der Waals surface area contributed by atoms with E-state index in [0.29, 0.717) is 10.5 Å². The van der Waals surface area contributed by atoms with E-state index < -0.39 is 0 Å². The summed E-state index contributed by atoms with van der Waals surface area (Å²) in [5, 5.41) is 0.674. The van der Waals surface area contributed by atoms with Crippen LogP contribution in [0.25, 0.3) is 0 Å². The molecule has 0 heterocycles. The molecule has 0 aliphatic heterocycles. The fourth-order valence-electron chi connectivity index (χ4n) is 4.82. The summed E-state index contributed by atoms with van der Waals surface area (Å²) in [6, 6.07) is 0. The zero-order chi connectivity index (χ0) is 12.6. The van der Waals surface area contributed by atoms with Gasteiger partial charge in [-0.25, -0.2) is 0 Å². The van der Waals surface area contributed by atoms with Gasteiger partial charge in [0.1, 0.15) is 0 Å². The molecule has 0 aromatic carbocycles. The average Bonchev–Trinajstić information content (AvgIpc) is 2.17. The van der Waals surface area contributed by atoms with Gasteiger partial charge < -0.3 is 0 Å². The number of hydrogen-bond donors (Lipinski definition) is 0. The van der Waals surface area contributed by atoms with Gasteiger partial charge >= 0.3 is 0 Å². The van der Waals surface area contributed by atoms with Crippen LogP contribution >= 0.6 is 0 Å². The Labute approximate surface area is 106 Å². The van der Waals surface area contributed by atoms with Crippen molar-refractivity contribution in [2.75, 3.05) is 0 Å². The summed E-state index contributed by atoms with van der Waals surface area (Å²) in [5.41, 5.74) is 0.617. The molecule has 16 heavy (non-hydrogen) atoms. The van der Waals surface area contributed by atoms with Gasteiger partial charge in [-0.1, -0.05) is 60.8 Å². The molecular weight excluding hydrogens is 208 g/mol. The molecule has 1 saturated carbocycles. The van der Waals surface area contributed by atoms with Gasteiger partial charge in [-0.05, 0) is 34.6 Å². The zero-order valence-electron chi connectivity index (χ0n) is 12.6. The van der Waals surface area contributed by atoms with Crippen LogP contribution in [0.5, 0.6) is 0 Å². The predicted molar refractivity (Wildman–Crippen MR) is 78.0 cm³/mol. The second-order valence-electron chi connectivity index (χ2n) is 7.13. The Hall–Kier alpha value is 0.217. The van der Waals surface area contributed by atoms with Gasteiger partial charge in [-0.2, -0.15) is 0 Å². The molecular formula is C15H32Si. The van der Waals surface area contributed by atoms with Crippen LogP contribution in [0.3, 0.4) is 0 Å². The van der Waals surface area contributed by atoms with Crippen molar-refractivity contribution in [2.24, 2.45) is 23.2 Å². The van der Waals surface area contributed by atoms with Crippen LogP contribution in [0.1, 0.15) is 67.2 Å². The first-order valence-corrected chi connectivity index (χ1v) is 8.29. The molecule has 0 N–H and O–H groups in total. The summed E-state index contributed by atoms with van der Waals surface area (Å²) in [6.45, 7) is 14.8. The summed E-state index contributed by atoms with van der Waals surface area (Å²) in [6.07, 6.45) is 5.91. The highest BCUT2D eigenvalue weighted by Gasteiger charge is 2.53. The monoisotopic (exact) mass is 240 g/mol. The van der Waals surface area contributed by atoms with E-state index in [1.807, 2.05) is 0 Å². The summed E-state index contributed by atoms with van der Waals surface area (Å²) < 4.78 is 0. The first-order valence-electron chi connectivity index (χ1n) is 7.29. The minimum atomic E-state index is 0.617. The highest BCUT2D eigenvalue weighted by atomic mass is 28.1. The van der Waals surface area contributed by atoms with Crippen LogP contribution in [0.2, 0.25) is 5.04 Å². The van der Waals surface area contributed by atoms with Crippen LogP contribution in [-0.4, -0.2) is 10.2 Å². The number of rotatable bonds is 3. The summed E-state index contributed by atoms with van der Waals surface area (Å²) in [7, 11) is 1.37. The van der Waals surface area contributed by atoms with Gasteiger partial charge in [-0.3, -0.25) is 0 Å². The van der Waals surface area contributed by atoms with Crippen LogP contribution < -0.4 is 0 Å². The van der Waals surface area contributed by atoms with E-state index in [0.717, 1.165) is 17.8 Å². The van der Waals surface area contributed by atoms with E-state index in [4.69, 9.17) is 0 Å². The lowest BCUT2D eigenvalue weighted by Gasteiger charge is -2.60. The standard InChI is InChI=1S/C15H32Si/c1-11(2)14(12(3)4)9-7-8-10-15(14,16)13(5)6/h11-13H,7-10H2,1-6,16H3. The SMILES string of the molecule is CC(C)C1([SiH3])CCCCC1(C(C)C)C(C)C. The van der Waals surface area contributed by atoms with Crippen LogP contribution in [0, 0.1) is 23.2 Å². The summed E-state index contributed by atoms with van der Waals surface area (Å²) in [4.78, 5) is 0. The molecule has 1 aliphatic rings. The van der Waals surface area contributed by atoms with E-state index in [2.05, 4.69) is 41.5 Å². The molecule has 0 spiro atoms. The average molecular weight is 241 g/mol. The highest BCUT2D eigenvalue weighted by Crippen LogP contribution is 2.65. The largest absolute Gasteiger partial charge is 0.0625 e. The first-order chi connectivity index (χ1) is 7.29. The first kappa shape index (κ1) is 14.3. The third-order valence-electron chi connectivity index (χ3n) is 5.93. The van der Waals surface area contributed by atoms with Crippen LogP contribution in [0.4, 0.5) is 0 Å². The molecule has 0 saturated heterocycles. The van der Waals surface area contributed by atoms with Crippen molar-refractivity contribution in [1.82, 2.24) is 0 Å². The number of hydrogen-bond acceptors (Lipinski definition) is 0. The lowest BCUT2D eigenvalue weighted by molar-refractivity contribution is -0.0176. The molecule has 0 aromatic rings. The molecule has 1 atom stereocenters. The Balaban J connectivity index is 3.20. The molecule has 0 nitrogen and oxygen atoms in total. The van der Waals surface area contributed by atoms with Gasteiger partial charge in [-0.15, -0.1) is 0 Å². The van der Waals surface area contributed by atoms with Gasteiger partial charge in [0, 0.05) is 10.2 Å². The van der Waals surface area contributed by atoms with Gasteiger partial charge in [0.15, 0.2) is 0 Å². The molecule has 1 aliphatic carbocycles. The van der Waals surface area contributed by atoms with Crippen LogP contribution in [-0.2, 0) is 0 Å². The molecule has 0 radical (unpaired) electrons. The van der Waals surface area contributed by atoms with E-state index >= 15 is 0 Å². The third-order valence-corrected chi connectivity index (χ3v) is 8.52. The topological polar surface area (TPSA) is 0 Å². The Morgan fingerprint density at radius 2 is 1.19 bits per heavy atom. The van der Waals surface area contributed by atoms with Crippen molar-refractivity contribution in [3.63, 3.8) is 0 Å². The predicted octanol–water partition coefficient (Wildman–Crippen LogP) is 4.04. The molecule has 96 valence electrons. The third kappa shape index (κ3) is 1.89. The minimum Gasteiger partial charge on any atom is -0.0625 e. The van der Waals surface area contributed by atoms with Crippen molar-refractivity contribution in [1.29, 1.82) is 0 Å². The van der Waals surface area contributed by atoms with E-state index in [1.54, 1.807) is 0 Å². The fraction of sp³-hybridized carbons (Fsp3) is 1.00. The minimum absolute atomic E-state index is 0.617. The van der Waals surface area contributed by atoms with Gasteiger partial charge in [0.05, 0.1) is 0 Å². The van der Waals surface area contributed by atoms with Crippen molar-refractivity contribution in [2.45, 2.75) is 72.3 Å². The van der Waals surface area contributed by atoms with E-state index in [-0.39, 0.29) is 0 Å². The lowest BCUT2D eigenvalue weighted by Crippen LogP contribution is -2.49. The van der Waals surface area contributed by atoms with Crippen molar-refractivity contribution < 1.29 is 0 Å². The Morgan fingerprint density at radius 1 is 0.750 bits per heavy atom. The quantitative estimate of drug-likeness (QED) is 0.653. The van der Waals surface area contributed by atoms with Crippen molar-refractivity contribution >= 4 is 10.2 Å². The maximum atomic E-state index is 2.47. The molecule has 1 rings (SSSR count). The van der Waals surface area contributed by atoms with Gasteiger partial charge in [0.25, 0.3) is 0 Å². The smallest absolute Gasteiger partial charge is 0.0117 e. The maximum Gasteiger partial charge on any atom is 0.0117 e. The Kier molecular flexibility index (Phi) is 4.32. The maximum absolute atomic E-state index is 2.47. The highest BCUT2D eigenvalue weighted by molar-refractivity contribution is 6.16. The Bertz CT molecular complexity index is 222. The fourth-order valence-corrected chi connectivity index (χ4v) is 6.58. The summed E-state index contributed by atoms with van der Waals surface area (Å²) in [5.74, 6) is 2.55. The Morgan fingerprint density at radius 3 is 1.50 bits per heavy atom.